The molecule has 0 aliphatic carbocycles. The summed E-state index contributed by atoms with van der Waals surface area (Å²) >= 11 is 5.92. The third-order valence-corrected chi connectivity index (χ3v) is 4.81. The zero-order valence-electron chi connectivity index (χ0n) is 15.8. The number of fused-ring (bicyclic) bond motifs is 1. The van der Waals surface area contributed by atoms with Gasteiger partial charge >= 0.3 is 0 Å². The lowest BCUT2D eigenvalue weighted by molar-refractivity contribution is 0.0909. The third kappa shape index (κ3) is 4.27. The third-order valence-electron chi connectivity index (χ3n) is 4.56. The standard InChI is InChI=1S/C22H20ClN3O3/c1-15(24-22(27)20-7-4-13-29-20)21-25-18-5-2-3-6-19(18)26(21)12-14-28-17-10-8-16(23)9-11-17/h2-11,13,15H,12,14H2,1H3,(H,24,27)/t15-/m0/s1. The number of benzene rings is 2. The molecule has 0 aliphatic heterocycles. The smallest absolute Gasteiger partial charge is 0.287 e. The molecule has 4 aromatic rings. The SMILES string of the molecule is C[C@H](NC(=O)c1ccco1)c1nc2ccccc2n1CCOc1ccc(Cl)cc1. The van der Waals surface area contributed by atoms with E-state index in [1.807, 2.05) is 43.3 Å². The zero-order valence-corrected chi connectivity index (χ0v) is 16.6. The molecule has 0 fully saturated rings. The maximum Gasteiger partial charge on any atom is 0.287 e. The summed E-state index contributed by atoms with van der Waals surface area (Å²) in [5.41, 5.74) is 1.86. The van der Waals surface area contributed by atoms with Crippen LogP contribution in [0.1, 0.15) is 29.3 Å². The van der Waals surface area contributed by atoms with Gasteiger partial charge in [-0.25, -0.2) is 4.98 Å². The summed E-state index contributed by atoms with van der Waals surface area (Å²) in [6, 6.07) is 18.1. The molecule has 1 amide bonds. The topological polar surface area (TPSA) is 69.3 Å². The van der Waals surface area contributed by atoms with E-state index in [-0.39, 0.29) is 17.7 Å². The maximum absolute atomic E-state index is 12.4. The van der Waals surface area contributed by atoms with Crippen LogP contribution < -0.4 is 10.1 Å². The summed E-state index contributed by atoms with van der Waals surface area (Å²) in [5.74, 6) is 1.49. The Morgan fingerprint density at radius 1 is 1.17 bits per heavy atom. The number of nitrogens with zero attached hydrogens (tertiary/aromatic N) is 2. The van der Waals surface area contributed by atoms with Gasteiger partial charge in [0, 0.05) is 5.02 Å². The Morgan fingerprint density at radius 2 is 1.97 bits per heavy atom. The summed E-state index contributed by atoms with van der Waals surface area (Å²) in [4.78, 5) is 17.1. The van der Waals surface area contributed by atoms with E-state index >= 15 is 0 Å². The largest absolute Gasteiger partial charge is 0.492 e. The molecule has 2 heterocycles. The van der Waals surface area contributed by atoms with Gasteiger partial charge in [0.1, 0.15) is 18.2 Å². The Hall–Kier alpha value is -3.25. The molecule has 0 saturated carbocycles. The van der Waals surface area contributed by atoms with Crippen molar-refractivity contribution < 1.29 is 13.9 Å². The molecule has 148 valence electrons. The molecule has 4 rings (SSSR count). The van der Waals surface area contributed by atoms with Gasteiger partial charge in [-0.15, -0.1) is 0 Å². The van der Waals surface area contributed by atoms with Crippen molar-refractivity contribution in [3.63, 3.8) is 0 Å². The molecule has 7 heteroatoms. The van der Waals surface area contributed by atoms with Gasteiger partial charge in [0.25, 0.3) is 5.91 Å². The Kier molecular flexibility index (Phi) is 5.53. The van der Waals surface area contributed by atoms with Crippen LogP contribution in [0.4, 0.5) is 0 Å². The number of para-hydroxylation sites is 2. The second-order valence-corrected chi connectivity index (χ2v) is 7.02. The van der Waals surface area contributed by atoms with E-state index in [1.165, 1.54) is 6.26 Å². The van der Waals surface area contributed by atoms with E-state index in [2.05, 4.69) is 9.88 Å². The zero-order chi connectivity index (χ0) is 20.2. The van der Waals surface area contributed by atoms with Crippen molar-refractivity contribution in [2.45, 2.75) is 19.5 Å². The number of ether oxygens (including phenoxy) is 1. The minimum atomic E-state index is -0.310. The highest BCUT2D eigenvalue weighted by molar-refractivity contribution is 6.30. The molecule has 0 aliphatic rings. The van der Waals surface area contributed by atoms with Gasteiger partial charge in [-0.2, -0.15) is 0 Å². The average molecular weight is 410 g/mol. The van der Waals surface area contributed by atoms with Crippen molar-refractivity contribution >= 4 is 28.5 Å². The number of imidazole rings is 1. The molecule has 2 aromatic heterocycles. The number of carbonyl (C=O) groups excluding carboxylic acids is 1. The fourth-order valence-electron chi connectivity index (χ4n) is 3.19. The number of carbonyl (C=O) groups is 1. The Balaban J connectivity index is 1.53. The summed E-state index contributed by atoms with van der Waals surface area (Å²) in [6.07, 6.45) is 1.48. The minimum Gasteiger partial charge on any atom is -0.492 e. The molecule has 0 bridgehead atoms. The summed E-state index contributed by atoms with van der Waals surface area (Å²) in [7, 11) is 0. The summed E-state index contributed by atoms with van der Waals surface area (Å²) < 4.78 is 13.1. The lowest BCUT2D eigenvalue weighted by atomic mass is 10.3. The molecule has 2 aromatic carbocycles. The van der Waals surface area contributed by atoms with E-state index < -0.39 is 0 Å². The second-order valence-electron chi connectivity index (χ2n) is 6.59. The summed E-state index contributed by atoms with van der Waals surface area (Å²) in [6.45, 7) is 2.94. The molecule has 29 heavy (non-hydrogen) atoms. The van der Waals surface area contributed by atoms with E-state index in [0.717, 1.165) is 22.6 Å². The van der Waals surface area contributed by atoms with Crippen LogP contribution in [0.2, 0.25) is 5.02 Å². The number of furan rings is 1. The number of hydrogen-bond donors (Lipinski definition) is 1. The van der Waals surface area contributed by atoms with Crippen LogP contribution in [0.3, 0.4) is 0 Å². The van der Waals surface area contributed by atoms with E-state index in [4.69, 9.17) is 25.7 Å². The van der Waals surface area contributed by atoms with Gasteiger partial charge in [-0.3, -0.25) is 4.79 Å². The van der Waals surface area contributed by atoms with Gasteiger partial charge in [-0.1, -0.05) is 23.7 Å². The number of hydrogen-bond acceptors (Lipinski definition) is 4. The van der Waals surface area contributed by atoms with Gasteiger partial charge in [0.2, 0.25) is 0 Å². The molecule has 0 saturated heterocycles. The lowest BCUT2D eigenvalue weighted by Crippen LogP contribution is -2.28. The van der Waals surface area contributed by atoms with Crippen molar-refractivity contribution in [1.29, 1.82) is 0 Å². The quantitative estimate of drug-likeness (QED) is 0.473. The number of amides is 1. The van der Waals surface area contributed by atoms with Gasteiger partial charge in [-0.05, 0) is 55.5 Å². The summed E-state index contributed by atoms with van der Waals surface area (Å²) in [5, 5.41) is 3.61. The van der Waals surface area contributed by atoms with E-state index in [9.17, 15) is 4.79 Å². The second kappa shape index (κ2) is 8.41. The van der Waals surface area contributed by atoms with Crippen LogP contribution in [0.5, 0.6) is 5.75 Å². The molecule has 1 N–H and O–H groups in total. The normalized spacial score (nSPS) is 12.1. The monoisotopic (exact) mass is 409 g/mol. The minimum absolute atomic E-state index is 0.269. The molecule has 0 unspecified atom stereocenters. The van der Waals surface area contributed by atoms with Crippen LogP contribution in [-0.4, -0.2) is 22.1 Å². The molecule has 0 radical (unpaired) electrons. The number of aromatic nitrogens is 2. The van der Waals surface area contributed by atoms with E-state index in [1.54, 1.807) is 24.3 Å². The molecule has 6 nitrogen and oxygen atoms in total. The van der Waals surface area contributed by atoms with Gasteiger partial charge < -0.3 is 19.0 Å². The highest BCUT2D eigenvalue weighted by Gasteiger charge is 2.20. The van der Waals surface area contributed by atoms with Gasteiger partial charge in [0.15, 0.2) is 5.76 Å². The Labute approximate surface area is 173 Å². The number of halogens is 1. The van der Waals surface area contributed by atoms with E-state index in [0.29, 0.717) is 18.2 Å². The van der Waals surface area contributed by atoms with Crippen molar-refractivity contribution in [3.8, 4) is 5.75 Å². The van der Waals surface area contributed by atoms with Crippen molar-refractivity contribution in [2.24, 2.45) is 0 Å². The lowest BCUT2D eigenvalue weighted by Gasteiger charge is -2.16. The Bertz CT molecular complexity index is 1100. The van der Waals surface area contributed by atoms with Crippen LogP contribution in [0.25, 0.3) is 11.0 Å². The van der Waals surface area contributed by atoms with Crippen molar-refractivity contribution in [3.05, 3.63) is 83.5 Å². The van der Waals surface area contributed by atoms with Crippen molar-refractivity contribution in [2.75, 3.05) is 6.61 Å². The molecular weight excluding hydrogens is 390 g/mol. The maximum atomic E-state index is 12.4. The highest BCUT2D eigenvalue weighted by Crippen LogP contribution is 2.22. The molecular formula is C22H20ClN3O3. The first-order valence-electron chi connectivity index (χ1n) is 9.30. The van der Waals surface area contributed by atoms with Gasteiger partial charge in [0.05, 0.1) is 29.9 Å². The predicted octanol–water partition coefficient (Wildman–Crippen LogP) is 4.85. The van der Waals surface area contributed by atoms with Crippen LogP contribution in [-0.2, 0) is 6.54 Å². The fourth-order valence-corrected chi connectivity index (χ4v) is 3.31. The van der Waals surface area contributed by atoms with Crippen LogP contribution >= 0.6 is 11.6 Å². The number of rotatable bonds is 7. The number of nitrogens with one attached hydrogen (secondary N) is 1. The first-order chi connectivity index (χ1) is 14.1. The predicted molar refractivity (Wildman–Crippen MR) is 111 cm³/mol. The first-order valence-corrected chi connectivity index (χ1v) is 9.67. The molecule has 1 atom stereocenters. The average Bonchev–Trinajstić information content (AvgIpc) is 3.38. The highest BCUT2D eigenvalue weighted by atomic mass is 35.5. The van der Waals surface area contributed by atoms with Crippen molar-refractivity contribution in [1.82, 2.24) is 14.9 Å². The molecule has 0 spiro atoms. The van der Waals surface area contributed by atoms with Crippen LogP contribution in [0, 0.1) is 0 Å². The fraction of sp³-hybridized carbons (Fsp3) is 0.182. The van der Waals surface area contributed by atoms with Crippen LogP contribution in [0.15, 0.2) is 71.3 Å². The Morgan fingerprint density at radius 3 is 2.72 bits per heavy atom. The first kappa shape index (κ1) is 19.1.